The van der Waals surface area contributed by atoms with Crippen LogP contribution < -0.4 is 4.74 Å². The van der Waals surface area contributed by atoms with Gasteiger partial charge in [0.1, 0.15) is 5.76 Å². The molecule has 0 aliphatic carbocycles. The number of carboxylic acid groups (broad SMARTS) is 1. The number of halogens is 4. The molecule has 0 amide bonds. The van der Waals surface area contributed by atoms with Gasteiger partial charge in [-0.2, -0.15) is 8.78 Å². The van der Waals surface area contributed by atoms with Crippen LogP contribution in [0, 0.1) is 23.3 Å². The fourth-order valence-corrected chi connectivity index (χ4v) is 1.27. The molecule has 0 saturated carbocycles. The molecule has 1 aromatic carbocycles. The predicted octanol–water partition coefficient (Wildman–Crippen LogP) is 1.80. The third-order valence-electron chi connectivity index (χ3n) is 2.16. The van der Waals surface area contributed by atoms with Crippen LogP contribution in [0.5, 0.6) is 5.75 Å². The largest absolute Gasteiger partial charge is 0.507 e. The van der Waals surface area contributed by atoms with E-state index in [9.17, 15) is 32.3 Å². The zero-order valence-electron chi connectivity index (χ0n) is 9.71. The summed E-state index contributed by atoms with van der Waals surface area (Å²) < 4.78 is 57.7. The summed E-state index contributed by atoms with van der Waals surface area (Å²) in [5.41, 5.74) is -1.62. The van der Waals surface area contributed by atoms with Gasteiger partial charge in [-0.1, -0.05) is 0 Å². The molecule has 2 N–H and O–H groups in total. The predicted molar refractivity (Wildman–Crippen MR) is 56.1 cm³/mol. The lowest BCUT2D eigenvalue weighted by Crippen LogP contribution is -2.11. The molecule has 5 nitrogen and oxygen atoms in total. The van der Waals surface area contributed by atoms with Gasteiger partial charge < -0.3 is 14.9 Å². The third-order valence-corrected chi connectivity index (χ3v) is 2.16. The minimum absolute atomic E-state index is 0.0881. The Kier molecular flexibility index (Phi) is 4.33. The van der Waals surface area contributed by atoms with E-state index in [4.69, 9.17) is 5.11 Å². The number of hydrogen-bond donors (Lipinski definition) is 2. The van der Waals surface area contributed by atoms with Crippen LogP contribution in [0.3, 0.4) is 0 Å². The highest BCUT2D eigenvalue weighted by molar-refractivity contribution is 6.38. The zero-order chi connectivity index (χ0) is 15.6. The fraction of sp³-hybridized carbons (Fsp3) is 0.0909. The average molecular weight is 294 g/mol. The first kappa shape index (κ1) is 15.5. The first-order valence-electron chi connectivity index (χ1n) is 4.80. The van der Waals surface area contributed by atoms with Gasteiger partial charge in [0, 0.05) is 6.08 Å². The number of aliphatic hydroxyl groups is 1. The molecular weight excluding hydrogens is 288 g/mol. The normalized spacial score (nSPS) is 11.3. The maximum atomic E-state index is 13.5. The Bertz CT molecular complexity index is 595. The molecule has 9 heteroatoms. The first-order valence-corrected chi connectivity index (χ1v) is 4.80. The van der Waals surface area contributed by atoms with E-state index in [1.54, 1.807) is 0 Å². The Morgan fingerprint density at radius 3 is 1.80 bits per heavy atom. The molecule has 108 valence electrons. The number of rotatable bonds is 4. The molecular formula is C11H6F4O5. The monoisotopic (exact) mass is 294 g/mol. The lowest BCUT2D eigenvalue weighted by Gasteiger charge is -2.10. The van der Waals surface area contributed by atoms with Gasteiger partial charge in [-0.05, 0) is 0 Å². The van der Waals surface area contributed by atoms with Crippen molar-refractivity contribution >= 4 is 17.5 Å². The van der Waals surface area contributed by atoms with Gasteiger partial charge >= 0.3 is 5.97 Å². The molecule has 1 aromatic rings. The van der Waals surface area contributed by atoms with E-state index >= 15 is 0 Å². The number of aliphatic carboxylic acids is 1. The second kappa shape index (κ2) is 5.59. The third kappa shape index (κ3) is 2.56. The highest BCUT2D eigenvalue weighted by atomic mass is 19.2. The molecule has 0 aromatic heterocycles. The average Bonchev–Trinajstić information content (AvgIpc) is 2.37. The smallest absolute Gasteiger partial charge is 0.376 e. The minimum atomic E-state index is -2.04. The highest BCUT2D eigenvalue weighted by Gasteiger charge is 2.28. The Morgan fingerprint density at radius 2 is 1.45 bits per heavy atom. The lowest BCUT2D eigenvalue weighted by atomic mass is 10.1. The molecule has 0 aliphatic heterocycles. The second-order valence-corrected chi connectivity index (χ2v) is 3.36. The van der Waals surface area contributed by atoms with E-state index in [-0.39, 0.29) is 6.08 Å². The molecule has 0 unspecified atom stereocenters. The molecule has 0 saturated heterocycles. The highest BCUT2D eigenvalue weighted by Crippen LogP contribution is 2.32. The van der Waals surface area contributed by atoms with Crippen molar-refractivity contribution in [2.75, 3.05) is 7.11 Å². The number of carbonyl (C=O) groups is 2. The summed E-state index contributed by atoms with van der Waals surface area (Å²) in [6.45, 7) is 0. The van der Waals surface area contributed by atoms with Gasteiger partial charge in [-0.25, -0.2) is 13.6 Å². The fourth-order valence-electron chi connectivity index (χ4n) is 1.27. The zero-order valence-corrected chi connectivity index (χ0v) is 9.71. The SMILES string of the molecule is COc1c(F)c(F)c(/C(O)=C/C(=O)C(=O)O)c(F)c1F. The van der Waals surface area contributed by atoms with E-state index < -0.39 is 52.1 Å². The van der Waals surface area contributed by atoms with E-state index in [1.165, 1.54) is 0 Å². The van der Waals surface area contributed by atoms with Crippen LogP contribution in [0.15, 0.2) is 6.08 Å². The van der Waals surface area contributed by atoms with Crippen molar-refractivity contribution in [3.05, 3.63) is 34.9 Å². The van der Waals surface area contributed by atoms with Crippen molar-refractivity contribution in [2.24, 2.45) is 0 Å². The number of benzene rings is 1. The van der Waals surface area contributed by atoms with Crippen LogP contribution in [0.1, 0.15) is 5.56 Å². The number of carboxylic acids is 1. The Hall–Kier alpha value is -2.58. The van der Waals surface area contributed by atoms with Gasteiger partial charge in [0.2, 0.25) is 11.6 Å². The minimum Gasteiger partial charge on any atom is -0.507 e. The van der Waals surface area contributed by atoms with Crippen LogP contribution in [0.4, 0.5) is 17.6 Å². The summed E-state index contributed by atoms with van der Waals surface area (Å²) in [5, 5.41) is 17.5. The van der Waals surface area contributed by atoms with Crippen LogP contribution in [0.25, 0.3) is 5.76 Å². The van der Waals surface area contributed by atoms with Crippen molar-refractivity contribution in [1.82, 2.24) is 0 Å². The molecule has 1 rings (SSSR count). The van der Waals surface area contributed by atoms with Crippen LogP contribution >= 0.6 is 0 Å². The summed E-state index contributed by atoms with van der Waals surface area (Å²) in [6.07, 6.45) is -0.0881. The van der Waals surface area contributed by atoms with E-state index in [0.29, 0.717) is 0 Å². The van der Waals surface area contributed by atoms with Gasteiger partial charge in [0.15, 0.2) is 17.4 Å². The summed E-state index contributed by atoms with van der Waals surface area (Å²) in [4.78, 5) is 21.0. The quantitative estimate of drug-likeness (QED) is 0.291. The van der Waals surface area contributed by atoms with Crippen molar-refractivity contribution in [2.45, 2.75) is 0 Å². The molecule has 0 bridgehead atoms. The molecule has 0 spiro atoms. The van der Waals surface area contributed by atoms with Crippen LogP contribution in [-0.2, 0) is 9.59 Å². The molecule has 20 heavy (non-hydrogen) atoms. The van der Waals surface area contributed by atoms with Gasteiger partial charge in [-0.3, -0.25) is 4.79 Å². The first-order chi connectivity index (χ1) is 9.22. The second-order valence-electron chi connectivity index (χ2n) is 3.36. The molecule has 0 atom stereocenters. The van der Waals surface area contributed by atoms with E-state index in [1.807, 2.05) is 0 Å². The Morgan fingerprint density at radius 1 is 1.00 bits per heavy atom. The number of aliphatic hydroxyl groups excluding tert-OH is 1. The number of methoxy groups -OCH3 is 1. The summed E-state index contributed by atoms with van der Waals surface area (Å²) in [7, 11) is 0.754. The van der Waals surface area contributed by atoms with Crippen LogP contribution in [-0.4, -0.2) is 29.1 Å². The summed E-state index contributed by atoms with van der Waals surface area (Å²) in [6, 6.07) is 0. The maximum absolute atomic E-state index is 13.5. The van der Waals surface area contributed by atoms with Crippen molar-refractivity contribution < 1.29 is 42.1 Å². The van der Waals surface area contributed by atoms with Crippen molar-refractivity contribution in [3.8, 4) is 5.75 Å². The molecule has 0 radical (unpaired) electrons. The topological polar surface area (TPSA) is 83.8 Å². The summed E-state index contributed by atoms with van der Waals surface area (Å²) >= 11 is 0. The Balaban J connectivity index is 3.55. The van der Waals surface area contributed by atoms with Crippen LogP contribution in [0.2, 0.25) is 0 Å². The molecule has 0 heterocycles. The number of carbonyl (C=O) groups excluding carboxylic acids is 1. The standard InChI is InChI=1S/C11H6F4O5/c1-20-10-8(14)6(12)5(7(13)9(10)15)3(16)2-4(17)11(18)19/h2,16H,1H3,(H,18,19)/b3-2-. The molecule has 0 fully saturated rings. The van der Waals surface area contributed by atoms with Gasteiger partial charge in [-0.15, -0.1) is 0 Å². The summed E-state index contributed by atoms with van der Waals surface area (Å²) in [5.74, 6) is -14.7. The van der Waals surface area contributed by atoms with E-state index in [2.05, 4.69) is 4.74 Å². The number of ketones is 1. The van der Waals surface area contributed by atoms with Crippen molar-refractivity contribution in [1.29, 1.82) is 0 Å². The lowest BCUT2D eigenvalue weighted by molar-refractivity contribution is -0.146. The van der Waals surface area contributed by atoms with E-state index in [0.717, 1.165) is 7.11 Å². The number of hydrogen-bond acceptors (Lipinski definition) is 4. The molecule has 0 aliphatic rings. The Labute approximate surface area is 108 Å². The number of ether oxygens (including phenoxy) is 1. The van der Waals surface area contributed by atoms with Gasteiger partial charge in [0.25, 0.3) is 5.78 Å². The van der Waals surface area contributed by atoms with Crippen molar-refractivity contribution in [3.63, 3.8) is 0 Å². The maximum Gasteiger partial charge on any atom is 0.376 e. The van der Waals surface area contributed by atoms with Gasteiger partial charge in [0.05, 0.1) is 12.7 Å².